The number of amidine groups is 1. The fraction of sp³-hybridized carbons (Fsp3) is 0.346. The van der Waals surface area contributed by atoms with Crippen molar-refractivity contribution in [2.45, 2.75) is 36.8 Å². The van der Waals surface area contributed by atoms with Gasteiger partial charge < -0.3 is 31.5 Å². The van der Waals surface area contributed by atoms with Crippen molar-refractivity contribution in [2.75, 3.05) is 30.4 Å². The third kappa shape index (κ3) is 6.33. The summed E-state index contributed by atoms with van der Waals surface area (Å²) in [7, 11) is 0. The summed E-state index contributed by atoms with van der Waals surface area (Å²) in [5.74, 6) is -1.09. The molecule has 3 aromatic rings. The maximum Gasteiger partial charge on any atom is 0.287 e. The summed E-state index contributed by atoms with van der Waals surface area (Å²) in [6.07, 6.45) is 3.77. The van der Waals surface area contributed by atoms with Crippen molar-refractivity contribution < 1.29 is 28.9 Å². The zero-order chi connectivity index (χ0) is 30.7. The molecule has 2 amide bonds. The van der Waals surface area contributed by atoms with Crippen molar-refractivity contribution >= 4 is 75.0 Å². The average Bonchev–Trinajstić information content (AvgIpc) is 3.60. The van der Waals surface area contributed by atoms with Crippen LogP contribution in [-0.4, -0.2) is 79.7 Å². The molecule has 2 aliphatic rings. The van der Waals surface area contributed by atoms with Crippen LogP contribution in [0.1, 0.15) is 19.5 Å². The van der Waals surface area contributed by atoms with Gasteiger partial charge in [0.2, 0.25) is 0 Å². The molecule has 0 unspecified atom stereocenters. The van der Waals surface area contributed by atoms with Gasteiger partial charge >= 0.3 is 0 Å². The van der Waals surface area contributed by atoms with Crippen LogP contribution < -0.4 is 26.5 Å². The molecular weight excluding hydrogens is 615 g/mol. The summed E-state index contributed by atoms with van der Waals surface area (Å²) < 4.78 is 3.93. The molecule has 0 spiro atoms. The Labute approximate surface area is 258 Å². The van der Waals surface area contributed by atoms with Crippen LogP contribution in [0.2, 0.25) is 0 Å². The molecule has 1 fully saturated rings. The van der Waals surface area contributed by atoms with Gasteiger partial charge in [-0.3, -0.25) is 19.5 Å². The second-order valence-corrected chi connectivity index (χ2v) is 12.5. The standard InChI is InChI=1S/C26H29N9O5S3/c1-3-40-32-19(16-13-43-26(28)30-16)22(36)31-20-23(37)35-21(25(38)39)15(12-42-24(20)35)11-33-8-9-34-17(33)5-4-6-18(34)41-10-7-29-14(2)27/h4-6,8-9,13,20,24H,3,7,10-12H2,1-2H3,(H5-,27,28,29,30,31,36,38,39)/b32-19-/t20-,24-/m1/s1. The van der Waals surface area contributed by atoms with Crippen LogP contribution in [0.25, 0.3) is 5.65 Å². The number of aromatic nitrogens is 3. The Morgan fingerprint density at radius 1 is 1.37 bits per heavy atom. The van der Waals surface area contributed by atoms with E-state index in [0.717, 1.165) is 27.8 Å². The minimum absolute atomic E-state index is 0.130. The van der Waals surface area contributed by atoms with Crippen LogP contribution in [0.4, 0.5) is 5.13 Å². The van der Waals surface area contributed by atoms with Gasteiger partial charge in [-0.2, -0.15) is 4.40 Å². The SMILES string of the molecule is CCO/N=C(\C(=O)N[C@@H]1C(=O)N2C(C(=O)[O-])=C(C[n+]3ccn4c(SCCN=C(C)N)cccc43)CS[C@H]12)c1csc(N)n1. The number of fused-ring (bicyclic) bond motifs is 2. The van der Waals surface area contributed by atoms with Crippen LogP contribution >= 0.6 is 34.9 Å². The van der Waals surface area contributed by atoms with Crippen molar-refractivity contribution in [2.24, 2.45) is 15.9 Å². The normalized spacial score (nSPS) is 18.9. The molecule has 5 N–H and O–H groups in total. The lowest BCUT2D eigenvalue weighted by atomic mass is 10.0. The number of hydrogen-bond acceptors (Lipinski definition) is 12. The highest BCUT2D eigenvalue weighted by atomic mass is 32.2. The number of anilines is 1. The van der Waals surface area contributed by atoms with Crippen LogP contribution in [0, 0.1) is 0 Å². The Kier molecular flexibility index (Phi) is 9.22. The Hall–Kier alpha value is -4.09. The monoisotopic (exact) mass is 643 g/mol. The van der Waals surface area contributed by atoms with Gasteiger partial charge in [0.25, 0.3) is 17.5 Å². The van der Waals surface area contributed by atoms with Crippen molar-refractivity contribution in [3.05, 3.63) is 52.9 Å². The number of carbonyl (C=O) groups is 3. The maximum atomic E-state index is 13.2. The zero-order valence-corrected chi connectivity index (χ0v) is 25.7. The van der Waals surface area contributed by atoms with Crippen LogP contribution in [0.5, 0.6) is 0 Å². The number of thioether (sulfide) groups is 2. The van der Waals surface area contributed by atoms with E-state index in [1.807, 2.05) is 39.6 Å². The number of nitrogens with two attached hydrogens (primary N) is 2. The van der Waals surface area contributed by atoms with Gasteiger partial charge in [0.1, 0.15) is 42.7 Å². The second kappa shape index (κ2) is 13.0. The van der Waals surface area contributed by atoms with Gasteiger partial charge in [-0.15, -0.1) is 23.1 Å². The van der Waals surface area contributed by atoms with E-state index in [2.05, 4.69) is 20.4 Å². The molecule has 226 valence electrons. The van der Waals surface area contributed by atoms with E-state index >= 15 is 0 Å². The summed E-state index contributed by atoms with van der Waals surface area (Å²) in [6, 6.07) is 4.89. The summed E-state index contributed by atoms with van der Waals surface area (Å²) in [4.78, 5) is 53.2. The van der Waals surface area contributed by atoms with E-state index in [1.165, 1.54) is 16.7 Å². The minimum atomic E-state index is -1.45. The third-order valence-electron chi connectivity index (χ3n) is 6.51. The molecule has 0 radical (unpaired) electrons. The van der Waals surface area contributed by atoms with E-state index in [0.29, 0.717) is 23.7 Å². The highest BCUT2D eigenvalue weighted by Gasteiger charge is 2.53. The molecule has 14 nitrogen and oxygen atoms in total. The lowest BCUT2D eigenvalue weighted by molar-refractivity contribution is -0.662. The topological polar surface area (TPSA) is 197 Å². The summed E-state index contributed by atoms with van der Waals surface area (Å²) in [5.41, 5.74) is 12.6. The number of nitrogen functional groups attached to an aromatic ring is 1. The number of imidazole rings is 1. The molecule has 0 saturated carbocycles. The fourth-order valence-corrected chi connectivity index (χ4v) is 7.40. The number of carbonyl (C=O) groups excluding carboxylic acids is 3. The molecule has 5 rings (SSSR count). The first-order chi connectivity index (χ1) is 20.7. The quantitative estimate of drug-likeness (QED) is 0.0443. The smallest absolute Gasteiger partial charge is 0.287 e. The highest BCUT2D eigenvalue weighted by Crippen LogP contribution is 2.40. The molecule has 3 aromatic heterocycles. The van der Waals surface area contributed by atoms with Crippen molar-refractivity contribution in [3.63, 3.8) is 0 Å². The molecule has 17 heteroatoms. The Bertz CT molecular complexity index is 1660. The Morgan fingerprint density at radius 3 is 2.88 bits per heavy atom. The van der Waals surface area contributed by atoms with Crippen molar-refractivity contribution in [3.8, 4) is 0 Å². The molecule has 2 aliphatic heterocycles. The Balaban J connectivity index is 1.33. The predicted molar refractivity (Wildman–Crippen MR) is 162 cm³/mol. The predicted octanol–water partition coefficient (Wildman–Crippen LogP) is -0.421. The molecule has 0 aromatic carbocycles. The first-order valence-corrected chi connectivity index (χ1v) is 16.1. The molecule has 2 atom stereocenters. The number of hydrogen-bond donors (Lipinski definition) is 3. The van der Waals surface area contributed by atoms with Gasteiger partial charge in [0.05, 0.1) is 24.0 Å². The average molecular weight is 644 g/mol. The first kappa shape index (κ1) is 30.4. The number of β-lactam (4-membered cyclic amide) rings is 1. The third-order valence-corrected chi connectivity index (χ3v) is 9.54. The largest absolute Gasteiger partial charge is 0.543 e. The van der Waals surface area contributed by atoms with E-state index in [9.17, 15) is 19.5 Å². The number of carboxylic acid groups (broad SMARTS) is 1. The number of pyridine rings is 1. The summed E-state index contributed by atoms with van der Waals surface area (Å²) >= 11 is 4.12. The second-order valence-electron chi connectivity index (χ2n) is 9.42. The van der Waals surface area contributed by atoms with Gasteiger partial charge in [0.15, 0.2) is 15.9 Å². The highest BCUT2D eigenvalue weighted by molar-refractivity contribution is 8.00. The van der Waals surface area contributed by atoms with Crippen molar-refractivity contribution in [1.29, 1.82) is 0 Å². The number of nitrogens with one attached hydrogen (secondary N) is 1. The lowest BCUT2D eigenvalue weighted by Gasteiger charge is -2.50. The molecule has 0 bridgehead atoms. The van der Waals surface area contributed by atoms with E-state index in [4.69, 9.17) is 16.3 Å². The Morgan fingerprint density at radius 2 is 2.19 bits per heavy atom. The molecule has 5 heterocycles. The number of nitrogens with zero attached hydrogens (tertiary/aromatic N) is 6. The summed E-state index contributed by atoms with van der Waals surface area (Å²) in [5, 5.41) is 21.0. The number of rotatable bonds is 12. The number of carboxylic acids is 1. The van der Waals surface area contributed by atoms with Crippen LogP contribution in [0.15, 0.2) is 62.4 Å². The van der Waals surface area contributed by atoms with Crippen molar-refractivity contribution in [1.82, 2.24) is 19.6 Å². The minimum Gasteiger partial charge on any atom is -0.543 e. The van der Waals surface area contributed by atoms with Gasteiger partial charge in [-0.1, -0.05) is 16.9 Å². The lowest BCUT2D eigenvalue weighted by Crippen LogP contribution is -2.71. The fourth-order valence-electron chi connectivity index (χ4n) is 4.66. The van der Waals surface area contributed by atoms with Crippen LogP contribution in [-0.2, 0) is 25.8 Å². The van der Waals surface area contributed by atoms with E-state index < -0.39 is 29.2 Å². The first-order valence-electron chi connectivity index (χ1n) is 13.2. The number of thiazole rings is 1. The van der Waals surface area contributed by atoms with Gasteiger partial charge in [-0.05, 0) is 26.0 Å². The van der Waals surface area contributed by atoms with Crippen LogP contribution in [0.3, 0.4) is 0 Å². The van der Waals surface area contributed by atoms with E-state index in [-0.39, 0.29) is 35.4 Å². The maximum absolute atomic E-state index is 13.2. The van der Waals surface area contributed by atoms with Gasteiger partial charge in [0, 0.05) is 28.5 Å². The summed E-state index contributed by atoms with van der Waals surface area (Å²) in [6.45, 7) is 4.51. The number of amides is 2. The molecule has 43 heavy (non-hydrogen) atoms. The van der Waals surface area contributed by atoms with Gasteiger partial charge in [-0.25, -0.2) is 9.55 Å². The molecular formula is C26H29N9O5S3. The number of aliphatic carboxylic acids is 1. The molecule has 1 saturated heterocycles. The zero-order valence-electron chi connectivity index (χ0n) is 23.3. The van der Waals surface area contributed by atoms with E-state index in [1.54, 1.807) is 31.0 Å². The number of oxime groups is 1. The number of aliphatic imine (C=N–C) groups is 1. The molecule has 0 aliphatic carbocycles.